The summed E-state index contributed by atoms with van der Waals surface area (Å²) in [7, 11) is 1.81. The van der Waals surface area contributed by atoms with E-state index in [1.807, 2.05) is 73.0 Å². The molecule has 2 aromatic heterocycles. The number of aromatic nitrogens is 3. The van der Waals surface area contributed by atoms with Crippen LogP contribution in [0.25, 0.3) is 10.7 Å². The molecule has 0 N–H and O–H groups in total. The highest BCUT2D eigenvalue weighted by molar-refractivity contribution is 8.00. The van der Waals surface area contributed by atoms with E-state index in [9.17, 15) is 4.79 Å². The number of thiophene rings is 1. The molecule has 0 spiro atoms. The first kappa shape index (κ1) is 20.4. The van der Waals surface area contributed by atoms with E-state index in [1.54, 1.807) is 23.3 Å². The van der Waals surface area contributed by atoms with Crippen LogP contribution < -0.4 is 4.90 Å². The summed E-state index contributed by atoms with van der Waals surface area (Å²) >= 11 is 3.08. The molecular weight excluding hydrogens is 412 g/mol. The molecule has 1 amide bonds. The second-order valence-electron chi connectivity index (χ2n) is 6.85. The largest absolute Gasteiger partial charge is 0.315 e. The van der Waals surface area contributed by atoms with Crippen molar-refractivity contribution in [3.63, 3.8) is 0 Å². The van der Waals surface area contributed by atoms with Gasteiger partial charge in [-0.3, -0.25) is 9.36 Å². The molecule has 4 rings (SSSR count). The summed E-state index contributed by atoms with van der Waals surface area (Å²) in [6.45, 7) is 2.57. The van der Waals surface area contributed by atoms with Gasteiger partial charge in [-0.05, 0) is 36.1 Å². The third kappa shape index (κ3) is 4.47. The lowest BCUT2D eigenvalue weighted by molar-refractivity contribution is -0.117. The Kier molecular flexibility index (Phi) is 6.30. The molecule has 0 fully saturated rings. The number of hydrogen-bond acceptors (Lipinski definition) is 5. The molecule has 7 heteroatoms. The zero-order valence-corrected chi connectivity index (χ0v) is 18.4. The Hall–Kier alpha value is -2.90. The van der Waals surface area contributed by atoms with Gasteiger partial charge in [0.25, 0.3) is 0 Å². The highest BCUT2D eigenvalue weighted by atomic mass is 32.2. The predicted molar refractivity (Wildman–Crippen MR) is 124 cm³/mol. The second kappa shape index (κ2) is 9.28. The number of thioether (sulfide) groups is 1. The molecule has 0 aliphatic heterocycles. The molecule has 0 bridgehead atoms. The maximum atomic E-state index is 13.0. The fourth-order valence-corrected chi connectivity index (χ4v) is 4.79. The Bertz CT molecular complexity index is 1090. The van der Waals surface area contributed by atoms with Gasteiger partial charge in [-0.1, -0.05) is 66.4 Å². The van der Waals surface area contributed by atoms with E-state index >= 15 is 0 Å². The lowest BCUT2D eigenvalue weighted by atomic mass is 10.2. The van der Waals surface area contributed by atoms with Crippen LogP contribution in [0.2, 0.25) is 0 Å². The van der Waals surface area contributed by atoms with E-state index in [4.69, 9.17) is 0 Å². The molecule has 152 valence electrons. The van der Waals surface area contributed by atoms with Gasteiger partial charge in [0, 0.05) is 12.7 Å². The number of hydrogen-bond donors (Lipinski definition) is 0. The predicted octanol–water partition coefficient (Wildman–Crippen LogP) is 5.20. The van der Waals surface area contributed by atoms with Gasteiger partial charge in [-0.25, -0.2) is 0 Å². The molecule has 5 nitrogen and oxygen atoms in total. The number of carbonyl (C=O) groups is 1. The summed E-state index contributed by atoms with van der Waals surface area (Å²) in [4.78, 5) is 15.8. The van der Waals surface area contributed by atoms with Crippen LogP contribution in [-0.4, -0.2) is 33.0 Å². The minimum atomic E-state index is -0.301. The number of rotatable bonds is 7. The second-order valence-corrected chi connectivity index (χ2v) is 9.10. The molecule has 1 atom stereocenters. The number of para-hydroxylation sites is 1. The topological polar surface area (TPSA) is 51.0 Å². The molecule has 30 heavy (non-hydrogen) atoms. The summed E-state index contributed by atoms with van der Waals surface area (Å²) in [5.41, 5.74) is 2.04. The maximum Gasteiger partial charge on any atom is 0.240 e. The van der Waals surface area contributed by atoms with Gasteiger partial charge in [0.05, 0.1) is 16.7 Å². The van der Waals surface area contributed by atoms with E-state index < -0.39 is 0 Å². The van der Waals surface area contributed by atoms with Gasteiger partial charge < -0.3 is 4.90 Å². The average Bonchev–Trinajstić information content (AvgIpc) is 3.44. The minimum absolute atomic E-state index is 0.0261. The van der Waals surface area contributed by atoms with E-state index in [0.717, 1.165) is 27.1 Å². The summed E-state index contributed by atoms with van der Waals surface area (Å²) in [6.07, 6.45) is 0. The Morgan fingerprint density at radius 1 is 1.03 bits per heavy atom. The molecule has 0 saturated heterocycles. The monoisotopic (exact) mass is 434 g/mol. The van der Waals surface area contributed by atoms with Crippen molar-refractivity contribution < 1.29 is 4.79 Å². The van der Waals surface area contributed by atoms with Crippen LogP contribution in [0.15, 0.2) is 83.3 Å². The van der Waals surface area contributed by atoms with E-state index in [1.165, 1.54) is 11.8 Å². The average molecular weight is 435 g/mol. The maximum absolute atomic E-state index is 13.0. The third-order valence-corrected chi connectivity index (χ3v) is 6.68. The zero-order valence-electron chi connectivity index (χ0n) is 16.8. The number of carbonyl (C=O) groups excluding carboxylic acids is 1. The number of amides is 1. The lowest BCUT2D eigenvalue weighted by Crippen LogP contribution is -2.33. The summed E-state index contributed by atoms with van der Waals surface area (Å²) in [5.74, 6) is 0.852. The molecule has 0 saturated carbocycles. The van der Waals surface area contributed by atoms with E-state index in [2.05, 4.69) is 26.9 Å². The van der Waals surface area contributed by atoms with E-state index in [0.29, 0.717) is 6.54 Å². The molecule has 2 heterocycles. The quantitative estimate of drug-likeness (QED) is 0.375. The SMILES string of the molecule is CC(Sc1nnc(-c2cccs2)n1Cc1ccccc1)C(=O)N(C)c1ccccc1. The van der Waals surface area contributed by atoms with Crippen molar-refractivity contribution in [2.45, 2.75) is 23.9 Å². The highest BCUT2D eigenvalue weighted by Gasteiger charge is 2.24. The molecule has 0 aliphatic rings. The van der Waals surface area contributed by atoms with Crippen LogP contribution in [0.1, 0.15) is 12.5 Å². The Labute approximate surface area is 184 Å². The molecule has 1 unspecified atom stereocenters. The fraction of sp³-hybridized carbons (Fsp3) is 0.174. The number of anilines is 1. The van der Waals surface area contributed by atoms with Crippen molar-refractivity contribution in [1.82, 2.24) is 14.8 Å². The van der Waals surface area contributed by atoms with Gasteiger partial charge in [-0.15, -0.1) is 21.5 Å². The summed E-state index contributed by atoms with van der Waals surface area (Å²) < 4.78 is 2.10. The van der Waals surface area contributed by atoms with Crippen LogP contribution in [0.4, 0.5) is 5.69 Å². The van der Waals surface area contributed by atoms with Crippen LogP contribution in [0, 0.1) is 0 Å². The van der Waals surface area contributed by atoms with Crippen LogP contribution in [0.5, 0.6) is 0 Å². The van der Waals surface area contributed by atoms with Crippen LogP contribution in [-0.2, 0) is 11.3 Å². The van der Waals surface area contributed by atoms with Crippen molar-refractivity contribution in [3.05, 3.63) is 83.7 Å². The Balaban J connectivity index is 1.59. The molecule has 0 aliphatic carbocycles. The van der Waals surface area contributed by atoms with Gasteiger partial charge in [0.2, 0.25) is 5.91 Å². The highest BCUT2D eigenvalue weighted by Crippen LogP contribution is 2.31. The molecule has 0 radical (unpaired) electrons. The van der Waals surface area contributed by atoms with Crippen molar-refractivity contribution in [2.24, 2.45) is 0 Å². The standard InChI is InChI=1S/C23H22N4OS2/c1-17(22(28)26(2)19-12-7-4-8-13-19)30-23-25-24-21(20-14-9-15-29-20)27(23)16-18-10-5-3-6-11-18/h3-15,17H,16H2,1-2H3. The first-order valence-electron chi connectivity index (χ1n) is 9.64. The van der Waals surface area contributed by atoms with Crippen molar-refractivity contribution in [1.29, 1.82) is 0 Å². The molecule has 4 aromatic rings. The lowest BCUT2D eigenvalue weighted by Gasteiger charge is -2.21. The van der Waals surface area contributed by atoms with E-state index in [-0.39, 0.29) is 11.2 Å². The van der Waals surface area contributed by atoms with Crippen molar-refractivity contribution in [3.8, 4) is 10.7 Å². The van der Waals surface area contributed by atoms with Gasteiger partial charge in [0.15, 0.2) is 11.0 Å². The first-order chi connectivity index (χ1) is 14.6. The molecule has 2 aromatic carbocycles. The number of nitrogens with zero attached hydrogens (tertiary/aromatic N) is 4. The third-order valence-electron chi connectivity index (χ3n) is 4.75. The van der Waals surface area contributed by atoms with Gasteiger partial charge >= 0.3 is 0 Å². The first-order valence-corrected chi connectivity index (χ1v) is 11.4. The van der Waals surface area contributed by atoms with Gasteiger partial charge in [-0.2, -0.15) is 0 Å². The van der Waals surface area contributed by atoms with Crippen molar-refractivity contribution in [2.75, 3.05) is 11.9 Å². The summed E-state index contributed by atoms with van der Waals surface area (Å²) in [6, 6.07) is 24.0. The normalized spacial score (nSPS) is 11.9. The smallest absolute Gasteiger partial charge is 0.240 e. The van der Waals surface area contributed by atoms with Crippen molar-refractivity contribution >= 4 is 34.7 Å². The van der Waals surface area contributed by atoms with Crippen LogP contribution >= 0.6 is 23.1 Å². The minimum Gasteiger partial charge on any atom is -0.315 e. The zero-order chi connectivity index (χ0) is 20.9. The Morgan fingerprint density at radius 3 is 2.40 bits per heavy atom. The van der Waals surface area contributed by atoms with Gasteiger partial charge in [0.1, 0.15) is 0 Å². The number of benzene rings is 2. The summed E-state index contributed by atoms with van der Waals surface area (Å²) in [5, 5.41) is 11.4. The Morgan fingerprint density at radius 2 is 1.73 bits per heavy atom. The molecular formula is C23H22N4OS2. The fourth-order valence-electron chi connectivity index (χ4n) is 3.13. The van der Waals surface area contributed by atoms with Crippen LogP contribution in [0.3, 0.4) is 0 Å².